The average Bonchev–Trinajstić information content (AvgIpc) is 2.43. The number of aryl methyl sites for hydroxylation is 1. The van der Waals surface area contributed by atoms with Gasteiger partial charge in [-0.3, -0.25) is 14.9 Å². The van der Waals surface area contributed by atoms with Crippen LogP contribution in [0.25, 0.3) is 0 Å². The summed E-state index contributed by atoms with van der Waals surface area (Å²) < 4.78 is 0. The second-order valence-electron chi connectivity index (χ2n) is 4.34. The predicted molar refractivity (Wildman–Crippen MR) is 82.2 cm³/mol. The quantitative estimate of drug-likeness (QED) is 0.669. The van der Waals surface area contributed by atoms with Gasteiger partial charge >= 0.3 is 0 Å². The zero-order chi connectivity index (χ0) is 15.6. The zero-order valence-electron chi connectivity index (χ0n) is 10.9. The maximum absolute atomic E-state index is 12.1. The molecule has 0 atom stereocenters. The Morgan fingerprint density at radius 1 is 1.14 bits per heavy atom. The Hall–Kier alpha value is -2.11. The third-order valence-electron chi connectivity index (χ3n) is 2.86. The minimum Gasteiger partial charge on any atom is -0.321 e. The number of halogens is 2. The number of hydrogen-bond donors (Lipinski definition) is 1. The largest absolute Gasteiger partial charge is 0.321 e. The summed E-state index contributed by atoms with van der Waals surface area (Å²) in [6, 6.07) is 8.73. The van der Waals surface area contributed by atoms with Gasteiger partial charge in [-0.2, -0.15) is 0 Å². The molecule has 0 saturated carbocycles. The summed E-state index contributed by atoms with van der Waals surface area (Å²) in [5, 5.41) is 14.0. The van der Waals surface area contributed by atoms with Crippen LogP contribution < -0.4 is 5.32 Å². The number of carbonyl (C=O) groups excluding carboxylic acids is 1. The van der Waals surface area contributed by atoms with Crippen molar-refractivity contribution >= 4 is 40.5 Å². The fourth-order valence-electron chi connectivity index (χ4n) is 1.69. The van der Waals surface area contributed by atoms with E-state index in [1.165, 1.54) is 30.3 Å². The van der Waals surface area contributed by atoms with Gasteiger partial charge in [0.15, 0.2) is 0 Å². The molecule has 1 amide bonds. The smallest absolute Gasteiger partial charge is 0.271 e. The highest BCUT2D eigenvalue weighted by Gasteiger charge is 2.13. The number of non-ortho nitro benzene ring substituents is 1. The van der Waals surface area contributed by atoms with Gasteiger partial charge in [-0.05, 0) is 30.7 Å². The lowest BCUT2D eigenvalue weighted by atomic mass is 10.1. The Labute approximate surface area is 130 Å². The predicted octanol–water partition coefficient (Wildman–Crippen LogP) is 4.46. The minimum absolute atomic E-state index is 0.0926. The van der Waals surface area contributed by atoms with Crippen LogP contribution in [-0.2, 0) is 0 Å². The molecule has 0 aromatic heterocycles. The Morgan fingerprint density at radius 2 is 1.86 bits per heavy atom. The zero-order valence-corrected chi connectivity index (χ0v) is 12.4. The maximum Gasteiger partial charge on any atom is 0.271 e. The summed E-state index contributed by atoms with van der Waals surface area (Å²) in [5.74, 6) is -0.419. The van der Waals surface area contributed by atoms with E-state index in [0.29, 0.717) is 21.8 Å². The third-order valence-corrected chi connectivity index (χ3v) is 3.60. The standard InChI is InChI=1S/C14H10Cl2N2O3/c1-8-2-4-10(18(20)21)7-13(8)17-14(19)9-3-5-11(15)12(16)6-9/h2-7H,1H3,(H,17,19). The fourth-order valence-corrected chi connectivity index (χ4v) is 1.99. The Bertz CT molecular complexity index is 732. The molecule has 2 aromatic rings. The Balaban J connectivity index is 2.28. The van der Waals surface area contributed by atoms with Crippen molar-refractivity contribution in [1.82, 2.24) is 0 Å². The number of nitrogens with zero attached hydrogens (tertiary/aromatic N) is 1. The van der Waals surface area contributed by atoms with Crippen LogP contribution in [0.2, 0.25) is 10.0 Å². The number of nitro groups is 1. The van der Waals surface area contributed by atoms with Crippen molar-refractivity contribution in [2.24, 2.45) is 0 Å². The summed E-state index contributed by atoms with van der Waals surface area (Å²) in [5.41, 5.74) is 1.31. The molecule has 0 unspecified atom stereocenters. The lowest BCUT2D eigenvalue weighted by Crippen LogP contribution is -2.13. The van der Waals surface area contributed by atoms with Crippen LogP contribution in [0, 0.1) is 17.0 Å². The molecule has 0 aliphatic carbocycles. The molecule has 0 bridgehead atoms. The molecule has 7 heteroatoms. The molecular formula is C14H10Cl2N2O3. The van der Waals surface area contributed by atoms with E-state index in [0.717, 1.165) is 0 Å². The van der Waals surface area contributed by atoms with Crippen LogP contribution in [0.3, 0.4) is 0 Å². The van der Waals surface area contributed by atoms with E-state index in [1.807, 2.05) is 0 Å². The summed E-state index contributed by atoms with van der Waals surface area (Å²) >= 11 is 11.6. The van der Waals surface area contributed by atoms with Gasteiger partial charge in [-0.1, -0.05) is 29.3 Å². The number of hydrogen-bond acceptors (Lipinski definition) is 3. The molecule has 21 heavy (non-hydrogen) atoms. The molecule has 1 N–H and O–H groups in total. The van der Waals surface area contributed by atoms with E-state index >= 15 is 0 Å². The average molecular weight is 325 g/mol. The number of nitrogens with one attached hydrogen (secondary N) is 1. The molecule has 2 rings (SSSR count). The maximum atomic E-state index is 12.1. The molecule has 0 spiro atoms. The van der Waals surface area contributed by atoms with Gasteiger partial charge in [0, 0.05) is 17.7 Å². The van der Waals surface area contributed by atoms with Gasteiger partial charge in [-0.25, -0.2) is 0 Å². The second-order valence-corrected chi connectivity index (χ2v) is 5.15. The molecule has 2 aromatic carbocycles. The van der Waals surface area contributed by atoms with Gasteiger partial charge < -0.3 is 5.32 Å². The van der Waals surface area contributed by atoms with Crippen molar-refractivity contribution in [3.05, 3.63) is 67.7 Å². The lowest BCUT2D eigenvalue weighted by Gasteiger charge is -2.09. The first-order valence-electron chi connectivity index (χ1n) is 5.90. The second kappa shape index (κ2) is 6.11. The highest BCUT2D eigenvalue weighted by atomic mass is 35.5. The first kappa shape index (κ1) is 15.3. The van der Waals surface area contributed by atoms with Crippen LogP contribution in [0.4, 0.5) is 11.4 Å². The normalized spacial score (nSPS) is 10.2. The van der Waals surface area contributed by atoms with Crippen molar-refractivity contribution in [2.45, 2.75) is 6.92 Å². The Kier molecular flexibility index (Phi) is 4.45. The van der Waals surface area contributed by atoms with Crippen LogP contribution in [0.1, 0.15) is 15.9 Å². The molecule has 0 heterocycles. The molecule has 0 aliphatic heterocycles. The van der Waals surface area contributed by atoms with E-state index in [-0.39, 0.29) is 10.7 Å². The summed E-state index contributed by atoms with van der Waals surface area (Å²) in [4.78, 5) is 22.4. The van der Waals surface area contributed by atoms with Gasteiger partial charge in [0.1, 0.15) is 0 Å². The van der Waals surface area contributed by atoms with Crippen molar-refractivity contribution < 1.29 is 9.72 Å². The van der Waals surface area contributed by atoms with Crippen LogP contribution in [0.5, 0.6) is 0 Å². The van der Waals surface area contributed by atoms with Crippen LogP contribution in [0.15, 0.2) is 36.4 Å². The summed E-state index contributed by atoms with van der Waals surface area (Å²) in [6.07, 6.45) is 0. The summed E-state index contributed by atoms with van der Waals surface area (Å²) in [7, 11) is 0. The van der Waals surface area contributed by atoms with Crippen molar-refractivity contribution in [3.8, 4) is 0 Å². The molecule has 0 aliphatic rings. The molecule has 0 saturated heterocycles. The van der Waals surface area contributed by atoms with Gasteiger partial charge in [0.05, 0.1) is 20.7 Å². The first-order chi connectivity index (χ1) is 9.88. The number of anilines is 1. The van der Waals surface area contributed by atoms with Crippen molar-refractivity contribution in [1.29, 1.82) is 0 Å². The number of nitro benzene ring substituents is 1. The molecule has 108 valence electrons. The van der Waals surface area contributed by atoms with Gasteiger partial charge in [0.2, 0.25) is 0 Å². The van der Waals surface area contributed by atoms with E-state index in [1.54, 1.807) is 13.0 Å². The van der Waals surface area contributed by atoms with E-state index in [2.05, 4.69) is 5.32 Å². The highest BCUT2D eigenvalue weighted by molar-refractivity contribution is 6.42. The molecular weight excluding hydrogens is 315 g/mol. The summed E-state index contributed by atoms with van der Waals surface area (Å²) in [6.45, 7) is 1.74. The van der Waals surface area contributed by atoms with Gasteiger partial charge in [-0.15, -0.1) is 0 Å². The van der Waals surface area contributed by atoms with Crippen LogP contribution >= 0.6 is 23.2 Å². The van der Waals surface area contributed by atoms with Crippen molar-refractivity contribution in [2.75, 3.05) is 5.32 Å². The molecule has 0 fully saturated rings. The SMILES string of the molecule is Cc1ccc([N+](=O)[O-])cc1NC(=O)c1ccc(Cl)c(Cl)c1. The Morgan fingerprint density at radius 3 is 2.48 bits per heavy atom. The first-order valence-corrected chi connectivity index (χ1v) is 6.65. The molecule has 0 radical (unpaired) electrons. The minimum atomic E-state index is -0.520. The van der Waals surface area contributed by atoms with E-state index < -0.39 is 10.8 Å². The van der Waals surface area contributed by atoms with Crippen LogP contribution in [-0.4, -0.2) is 10.8 Å². The third kappa shape index (κ3) is 3.51. The molecule has 5 nitrogen and oxygen atoms in total. The lowest BCUT2D eigenvalue weighted by molar-refractivity contribution is -0.384. The highest BCUT2D eigenvalue weighted by Crippen LogP contribution is 2.25. The topological polar surface area (TPSA) is 72.2 Å². The fraction of sp³-hybridized carbons (Fsp3) is 0.0714. The number of rotatable bonds is 3. The van der Waals surface area contributed by atoms with Gasteiger partial charge in [0.25, 0.3) is 11.6 Å². The number of benzene rings is 2. The monoisotopic (exact) mass is 324 g/mol. The number of amides is 1. The van der Waals surface area contributed by atoms with Crippen molar-refractivity contribution in [3.63, 3.8) is 0 Å². The number of carbonyl (C=O) groups is 1. The van der Waals surface area contributed by atoms with E-state index in [4.69, 9.17) is 23.2 Å². The van der Waals surface area contributed by atoms with E-state index in [9.17, 15) is 14.9 Å².